The van der Waals surface area contributed by atoms with Gasteiger partial charge in [0.1, 0.15) is 0 Å². The van der Waals surface area contributed by atoms with Gasteiger partial charge in [-0.2, -0.15) is 0 Å². The fraction of sp³-hybridized carbons (Fsp3) is 0.600. The van der Waals surface area contributed by atoms with Gasteiger partial charge in [-0.3, -0.25) is 4.99 Å². The lowest BCUT2D eigenvalue weighted by Crippen LogP contribution is -2.29. The molecule has 0 fully saturated rings. The molecule has 14 heavy (non-hydrogen) atoms. The average molecular weight is 211 g/mol. The van der Waals surface area contributed by atoms with Gasteiger partial charge < -0.3 is 5.73 Å². The van der Waals surface area contributed by atoms with Crippen molar-refractivity contribution >= 4 is 17.2 Å². The topological polar surface area (TPSA) is 51.3 Å². The summed E-state index contributed by atoms with van der Waals surface area (Å²) in [5.41, 5.74) is 6.78. The Morgan fingerprint density at radius 1 is 1.57 bits per heavy atom. The molecule has 0 aliphatic heterocycles. The summed E-state index contributed by atoms with van der Waals surface area (Å²) in [5.74, 6) is 0.683. The maximum Gasteiger partial charge on any atom is 0.0996 e. The molecule has 78 valence electrons. The smallest absolute Gasteiger partial charge is 0.0996 e. The summed E-state index contributed by atoms with van der Waals surface area (Å²) in [6.07, 6.45) is 0. The minimum absolute atomic E-state index is 0.0505. The summed E-state index contributed by atoms with van der Waals surface area (Å²) in [6, 6.07) is 0. The predicted octanol–water partition coefficient (Wildman–Crippen LogP) is 2.35. The van der Waals surface area contributed by atoms with Crippen LogP contribution >= 0.6 is 11.3 Å². The van der Waals surface area contributed by atoms with Crippen LogP contribution in [0.25, 0.3) is 0 Å². The molecule has 3 nitrogen and oxygen atoms in total. The van der Waals surface area contributed by atoms with Gasteiger partial charge in [-0.15, -0.1) is 11.3 Å². The zero-order valence-corrected chi connectivity index (χ0v) is 9.98. The van der Waals surface area contributed by atoms with Crippen LogP contribution in [0.5, 0.6) is 0 Å². The molecule has 0 aliphatic carbocycles. The number of aryl methyl sites for hydroxylation is 1. The van der Waals surface area contributed by atoms with Crippen molar-refractivity contribution in [3.63, 3.8) is 0 Å². The number of hydrogen-bond donors (Lipinski definition) is 1. The van der Waals surface area contributed by atoms with Gasteiger partial charge in [-0.1, -0.05) is 20.8 Å². The van der Waals surface area contributed by atoms with Crippen molar-refractivity contribution in [2.75, 3.05) is 0 Å². The highest BCUT2D eigenvalue weighted by Crippen LogP contribution is 2.14. The number of thiazole rings is 1. The number of nitrogens with zero attached hydrogens (tertiary/aromatic N) is 2. The van der Waals surface area contributed by atoms with Gasteiger partial charge >= 0.3 is 0 Å². The van der Waals surface area contributed by atoms with Gasteiger partial charge in [0.25, 0.3) is 0 Å². The Kier molecular flexibility index (Phi) is 3.26. The van der Waals surface area contributed by atoms with Crippen molar-refractivity contribution in [3.8, 4) is 0 Å². The molecule has 4 heteroatoms. The summed E-state index contributed by atoms with van der Waals surface area (Å²) < 4.78 is 0. The number of aliphatic imine (C=N–C) groups is 1. The average Bonchev–Trinajstić information content (AvgIpc) is 2.45. The lowest BCUT2D eigenvalue weighted by molar-refractivity contribution is 0.581. The fourth-order valence-corrected chi connectivity index (χ4v) is 1.49. The van der Waals surface area contributed by atoms with Gasteiger partial charge in [-0.25, -0.2) is 4.98 Å². The van der Waals surface area contributed by atoms with E-state index in [0.717, 1.165) is 10.7 Å². The van der Waals surface area contributed by atoms with Crippen LogP contribution in [0.4, 0.5) is 0 Å². The summed E-state index contributed by atoms with van der Waals surface area (Å²) in [5, 5.41) is 3.10. The van der Waals surface area contributed by atoms with Crippen LogP contribution in [-0.4, -0.2) is 10.8 Å². The summed E-state index contributed by atoms with van der Waals surface area (Å²) >= 11 is 1.64. The molecule has 0 bridgehead atoms. The standard InChI is InChI=1S/C10H17N3S/c1-7-13-8(6-14-7)5-12-9(11)10(2,3)4/h6H,5H2,1-4H3,(H2,11,12). The van der Waals surface area contributed by atoms with Crippen molar-refractivity contribution in [3.05, 3.63) is 16.1 Å². The molecule has 1 aromatic heterocycles. The first kappa shape index (κ1) is 11.2. The van der Waals surface area contributed by atoms with Crippen LogP contribution in [0.3, 0.4) is 0 Å². The Labute approximate surface area is 89.1 Å². The van der Waals surface area contributed by atoms with E-state index in [2.05, 4.69) is 30.7 Å². The quantitative estimate of drug-likeness (QED) is 0.603. The monoisotopic (exact) mass is 211 g/mol. The van der Waals surface area contributed by atoms with Crippen LogP contribution < -0.4 is 5.73 Å². The molecule has 1 rings (SSSR count). The van der Waals surface area contributed by atoms with E-state index in [0.29, 0.717) is 12.4 Å². The van der Waals surface area contributed by atoms with Gasteiger partial charge in [0.15, 0.2) is 0 Å². The normalized spacial score (nSPS) is 13.3. The highest BCUT2D eigenvalue weighted by molar-refractivity contribution is 7.09. The Bertz CT molecular complexity index is 333. The van der Waals surface area contributed by atoms with Gasteiger partial charge in [0.2, 0.25) is 0 Å². The molecular weight excluding hydrogens is 194 g/mol. The minimum atomic E-state index is -0.0505. The maximum absolute atomic E-state index is 5.83. The van der Waals surface area contributed by atoms with E-state index in [-0.39, 0.29) is 5.41 Å². The van der Waals surface area contributed by atoms with E-state index in [4.69, 9.17) is 5.73 Å². The second-order valence-electron chi connectivity index (χ2n) is 4.31. The minimum Gasteiger partial charge on any atom is -0.387 e. The number of nitrogens with two attached hydrogens (primary N) is 1. The third-order valence-electron chi connectivity index (χ3n) is 1.85. The van der Waals surface area contributed by atoms with Crippen LogP contribution in [0.1, 0.15) is 31.5 Å². The number of hydrogen-bond acceptors (Lipinski definition) is 3. The molecule has 0 aliphatic rings. The van der Waals surface area contributed by atoms with Crippen LogP contribution in [-0.2, 0) is 6.54 Å². The number of aromatic nitrogens is 1. The van der Waals surface area contributed by atoms with Gasteiger partial charge in [0.05, 0.1) is 23.1 Å². The SMILES string of the molecule is Cc1nc(CN=C(N)C(C)(C)C)cs1. The van der Waals surface area contributed by atoms with Crippen molar-refractivity contribution in [1.82, 2.24) is 4.98 Å². The van der Waals surface area contributed by atoms with E-state index in [1.807, 2.05) is 12.3 Å². The molecule has 0 spiro atoms. The number of amidine groups is 1. The molecule has 0 saturated carbocycles. The molecule has 0 saturated heterocycles. The largest absolute Gasteiger partial charge is 0.387 e. The first-order chi connectivity index (χ1) is 6.39. The summed E-state index contributed by atoms with van der Waals surface area (Å²) in [7, 11) is 0. The second-order valence-corrected chi connectivity index (χ2v) is 5.37. The first-order valence-electron chi connectivity index (χ1n) is 4.61. The number of rotatable bonds is 2. The highest BCUT2D eigenvalue weighted by atomic mass is 32.1. The second kappa shape index (κ2) is 4.09. The highest BCUT2D eigenvalue weighted by Gasteiger charge is 2.14. The lowest BCUT2D eigenvalue weighted by Gasteiger charge is -2.16. The Morgan fingerprint density at radius 3 is 2.64 bits per heavy atom. The predicted molar refractivity (Wildman–Crippen MR) is 61.6 cm³/mol. The van der Waals surface area contributed by atoms with Crippen LogP contribution in [0, 0.1) is 12.3 Å². The van der Waals surface area contributed by atoms with E-state index >= 15 is 0 Å². The third kappa shape index (κ3) is 3.10. The molecule has 0 aromatic carbocycles. The van der Waals surface area contributed by atoms with Crippen molar-refractivity contribution in [2.45, 2.75) is 34.2 Å². The molecule has 0 amide bonds. The zero-order valence-electron chi connectivity index (χ0n) is 9.16. The Hall–Kier alpha value is -0.900. The van der Waals surface area contributed by atoms with E-state index in [1.165, 1.54) is 0 Å². The molecule has 0 unspecified atom stereocenters. The van der Waals surface area contributed by atoms with Gasteiger partial charge in [-0.05, 0) is 6.92 Å². The first-order valence-corrected chi connectivity index (χ1v) is 5.49. The van der Waals surface area contributed by atoms with Gasteiger partial charge in [0, 0.05) is 10.8 Å². The molecule has 0 radical (unpaired) electrons. The van der Waals surface area contributed by atoms with Crippen LogP contribution in [0.15, 0.2) is 10.4 Å². The molecule has 1 aromatic rings. The van der Waals surface area contributed by atoms with Crippen molar-refractivity contribution in [2.24, 2.45) is 16.1 Å². The molecular formula is C10H17N3S. The lowest BCUT2D eigenvalue weighted by atomic mass is 9.95. The van der Waals surface area contributed by atoms with Crippen molar-refractivity contribution < 1.29 is 0 Å². The molecule has 2 N–H and O–H groups in total. The molecule has 0 atom stereocenters. The van der Waals surface area contributed by atoms with E-state index in [9.17, 15) is 0 Å². The van der Waals surface area contributed by atoms with Crippen molar-refractivity contribution in [1.29, 1.82) is 0 Å². The zero-order chi connectivity index (χ0) is 10.8. The third-order valence-corrected chi connectivity index (χ3v) is 2.67. The van der Waals surface area contributed by atoms with Crippen LogP contribution in [0.2, 0.25) is 0 Å². The Balaban J connectivity index is 2.64. The Morgan fingerprint density at radius 2 is 2.21 bits per heavy atom. The molecule has 1 heterocycles. The fourth-order valence-electron chi connectivity index (χ4n) is 0.884. The summed E-state index contributed by atoms with van der Waals surface area (Å²) in [6.45, 7) is 8.74. The maximum atomic E-state index is 5.83. The van der Waals surface area contributed by atoms with E-state index in [1.54, 1.807) is 11.3 Å². The summed E-state index contributed by atoms with van der Waals surface area (Å²) in [4.78, 5) is 8.64. The van der Waals surface area contributed by atoms with E-state index < -0.39 is 0 Å².